The summed E-state index contributed by atoms with van der Waals surface area (Å²) in [5.74, 6) is 0.0849. The van der Waals surface area contributed by atoms with Crippen molar-refractivity contribution < 1.29 is 9.90 Å². The molecule has 5 N–H and O–H groups in total. The predicted octanol–water partition coefficient (Wildman–Crippen LogP) is 2.47. The van der Waals surface area contributed by atoms with E-state index in [1.807, 2.05) is 24.3 Å². The molecular weight excluding hydrogens is 414 g/mol. The monoisotopic (exact) mass is 437 g/mol. The zero-order valence-corrected chi connectivity index (χ0v) is 17.6. The SMILES string of the molecule is NC(=NCCCO)c1c(Nc2ccc(C(=O)N3CCc4ccccc43)cc2)s[nH]c1=O. The minimum atomic E-state index is -0.322. The maximum Gasteiger partial charge on any atom is 0.271 e. The van der Waals surface area contributed by atoms with Gasteiger partial charge in [-0.25, -0.2) is 0 Å². The Labute approximate surface area is 183 Å². The first-order valence-electron chi connectivity index (χ1n) is 9.98. The highest BCUT2D eigenvalue weighted by molar-refractivity contribution is 7.10. The summed E-state index contributed by atoms with van der Waals surface area (Å²) in [4.78, 5) is 31.1. The Morgan fingerprint density at radius 2 is 2.00 bits per heavy atom. The van der Waals surface area contributed by atoms with Crippen LogP contribution in [-0.2, 0) is 6.42 Å². The number of benzene rings is 2. The van der Waals surface area contributed by atoms with Crippen LogP contribution in [0.4, 0.5) is 16.4 Å². The predicted molar refractivity (Wildman–Crippen MR) is 124 cm³/mol. The summed E-state index contributed by atoms with van der Waals surface area (Å²) >= 11 is 1.13. The molecule has 0 radical (unpaired) electrons. The summed E-state index contributed by atoms with van der Waals surface area (Å²) in [7, 11) is 0. The van der Waals surface area contributed by atoms with E-state index < -0.39 is 0 Å². The number of carbonyl (C=O) groups excluding carboxylic acids is 1. The second kappa shape index (κ2) is 9.15. The van der Waals surface area contributed by atoms with Gasteiger partial charge >= 0.3 is 0 Å². The highest BCUT2D eigenvalue weighted by Gasteiger charge is 2.25. The highest BCUT2D eigenvalue weighted by atomic mass is 32.1. The van der Waals surface area contributed by atoms with E-state index in [0.29, 0.717) is 30.1 Å². The van der Waals surface area contributed by atoms with Crippen LogP contribution >= 0.6 is 11.5 Å². The molecule has 31 heavy (non-hydrogen) atoms. The number of nitrogens with one attached hydrogen (secondary N) is 2. The molecule has 0 fully saturated rings. The molecule has 0 spiro atoms. The standard InChI is InChI=1S/C22H23N5O3S/c23-19(24-11-3-13-28)18-20(29)26-31-21(18)25-16-8-6-15(7-9-16)22(30)27-12-10-14-4-1-2-5-17(14)27/h1-2,4-9,25,28H,3,10-13H2,(H2,23,24)(H,26,29). The summed E-state index contributed by atoms with van der Waals surface area (Å²) in [5.41, 5.74) is 9.39. The lowest BCUT2D eigenvalue weighted by Crippen LogP contribution is -2.28. The molecule has 0 aliphatic carbocycles. The van der Waals surface area contributed by atoms with Crippen molar-refractivity contribution >= 4 is 39.7 Å². The number of amidine groups is 1. The van der Waals surface area contributed by atoms with Crippen molar-refractivity contribution in [2.75, 3.05) is 29.9 Å². The van der Waals surface area contributed by atoms with E-state index in [2.05, 4.69) is 14.7 Å². The van der Waals surface area contributed by atoms with Crippen molar-refractivity contribution in [3.05, 3.63) is 75.6 Å². The van der Waals surface area contributed by atoms with E-state index in [0.717, 1.165) is 29.3 Å². The summed E-state index contributed by atoms with van der Waals surface area (Å²) in [6.45, 7) is 1.03. The van der Waals surface area contributed by atoms with E-state index in [4.69, 9.17) is 10.8 Å². The number of aliphatic hydroxyl groups excluding tert-OH is 1. The van der Waals surface area contributed by atoms with E-state index in [1.54, 1.807) is 29.2 Å². The highest BCUT2D eigenvalue weighted by Crippen LogP contribution is 2.29. The maximum absolute atomic E-state index is 13.0. The Balaban J connectivity index is 1.50. The molecule has 2 aromatic carbocycles. The molecule has 8 nitrogen and oxygen atoms in total. The van der Waals surface area contributed by atoms with Crippen molar-refractivity contribution in [1.82, 2.24) is 4.37 Å². The smallest absolute Gasteiger partial charge is 0.271 e. The van der Waals surface area contributed by atoms with Gasteiger partial charge in [0.25, 0.3) is 11.5 Å². The van der Waals surface area contributed by atoms with Gasteiger partial charge in [-0.15, -0.1) is 0 Å². The van der Waals surface area contributed by atoms with E-state index >= 15 is 0 Å². The maximum atomic E-state index is 13.0. The molecule has 1 aliphatic rings. The zero-order chi connectivity index (χ0) is 21.8. The summed E-state index contributed by atoms with van der Waals surface area (Å²) in [5, 5.41) is 12.6. The van der Waals surface area contributed by atoms with Crippen LogP contribution < -0.4 is 21.5 Å². The lowest BCUT2D eigenvalue weighted by Gasteiger charge is -2.17. The lowest BCUT2D eigenvalue weighted by molar-refractivity contribution is 0.0989. The van der Waals surface area contributed by atoms with Crippen LogP contribution in [0.3, 0.4) is 0 Å². The first-order chi connectivity index (χ1) is 15.1. The Morgan fingerprint density at radius 1 is 1.23 bits per heavy atom. The van der Waals surface area contributed by atoms with Gasteiger partial charge in [-0.05, 0) is 60.3 Å². The topological polar surface area (TPSA) is 124 Å². The van der Waals surface area contributed by atoms with Crippen LogP contribution in [0, 0.1) is 0 Å². The fraction of sp³-hybridized carbons (Fsp3) is 0.227. The molecule has 4 rings (SSSR count). The van der Waals surface area contributed by atoms with E-state index in [1.165, 1.54) is 5.56 Å². The second-order valence-electron chi connectivity index (χ2n) is 7.12. The third kappa shape index (κ3) is 4.37. The van der Waals surface area contributed by atoms with Crippen LogP contribution in [0.1, 0.15) is 27.9 Å². The van der Waals surface area contributed by atoms with E-state index in [9.17, 15) is 9.59 Å². The molecule has 0 saturated heterocycles. The van der Waals surface area contributed by atoms with Gasteiger partial charge in [0.1, 0.15) is 16.4 Å². The molecule has 3 aromatic rings. The Bertz CT molecular complexity index is 1170. The third-order valence-electron chi connectivity index (χ3n) is 5.08. The number of fused-ring (bicyclic) bond motifs is 1. The van der Waals surface area contributed by atoms with Crippen molar-refractivity contribution in [3.8, 4) is 0 Å². The molecule has 0 atom stereocenters. The molecule has 1 aromatic heterocycles. The summed E-state index contributed by atoms with van der Waals surface area (Å²) in [6.07, 6.45) is 1.33. The summed E-state index contributed by atoms with van der Waals surface area (Å²) in [6, 6.07) is 15.1. The second-order valence-corrected chi connectivity index (χ2v) is 7.94. The minimum absolute atomic E-state index is 0.00988. The number of anilines is 3. The number of aliphatic imine (C=N–C) groups is 1. The minimum Gasteiger partial charge on any atom is -0.396 e. The number of nitrogens with two attached hydrogens (primary N) is 1. The number of H-pyrrole nitrogens is 1. The van der Waals surface area contributed by atoms with Gasteiger partial charge in [0.15, 0.2) is 0 Å². The fourth-order valence-corrected chi connectivity index (χ4v) is 4.27. The molecule has 1 aliphatic heterocycles. The molecule has 0 saturated carbocycles. The zero-order valence-electron chi connectivity index (χ0n) is 16.8. The number of nitrogens with zero attached hydrogens (tertiary/aromatic N) is 2. The van der Waals surface area contributed by atoms with Crippen LogP contribution in [0.25, 0.3) is 0 Å². The first kappa shape index (κ1) is 20.8. The number of carbonyl (C=O) groups is 1. The summed E-state index contributed by atoms with van der Waals surface area (Å²) < 4.78 is 2.66. The number of aromatic nitrogens is 1. The average Bonchev–Trinajstić information content (AvgIpc) is 3.37. The number of aliphatic hydroxyl groups is 1. The normalized spacial score (nSPS) is 13.3. The number of amides is 1. The van der Waals surface area contributed by atoms with Crippen LogP contribution in [0.15, 0.2) is 58.3 Å². The van der Waals surface area contributed by atoms with Crippen molar-refractivity contribution in [2.45, 2.75) is 12.8 Å². The first-order valence-corrected chi connectivity index (χ1v) is 10.8. The van der Waals surface area contributed by atoms with Crippen LogP contribution in [-0.4, -0.2) is 40.9 Å². The number of hydrogen-bond acceptors (Lipinski definition) is 6. The third-order valence-corrected chi connectivity index (χ3v) is 5.87. The number of hydrogen-bond donors (Lipinski definition) is 4. The lowest BCUT2D eigenvalue weighted by atomic mass is 10.1. The van der Waals surface area contributed by atoms with Crippen molar-refractivity contribution in [2.24, 2.45) is 10.7 Å². The Hall–Kier alpha value is -3.43. The average molecular weight is 438 g/mol. The molecule has 0 unspecified atom stereocenters. The van der Waals surface area contributed by atoms with Gasteiger partial charge in [0.2, 0.25) is 0 Å². The fourth-order valence-electron chi connectivity index (χ4n) is 3.50. The largest absolute Gasteiger partial charge is 0.396 e. The van der Waals surface area contributed by atoms with Crippen LogP contribution in [0.2, 0.25) is 0 Å². The molecule has 0 bridgehead atoms. The molecule has 160 valence electrons. The van der Waals surface area contributed by atoms with Gasteiger partial charge in [0, 0.05) is 36.6 Å². The molecular formula is C22H23N5O3S. The number of aromatic amines is 1. The van der Waals surface area contributed by atoms with Gasteiger partial charge in [-0.2, -0.15) is 0 Å². The van der Waals surface area contributed by atoms with E-state index in [-0.39, 0.29) is 29.5 Å². The van der Waals surface area contributed by atoms with Gasteiger partial charge in [-0.3, -0.25) is 19.0 Å². The number of para-hydroxylation sites is 1. The van der Waals surface area contributed by atoms with Crippen molar-refractivity contribution in [1.29, 1.82) is 0 Å². The molecule has 1 amide bonds. The Morgan fingerprint density at radius 3 is 2.77 bits per heavy atom. The quantitative estimate of drug-likeness (QED) is 0.257. The van der Waals surface area contributed by atoms with Crippen molar-refractivity contribution in [3.63, 3.8) is 0 Å². The Kier molecular flexibility index (Phi) is 6.15. The van der Waals surface area contributed by atoms with Gasteiger partial charge in [-0.1, -0.05) is 18.2 Å². The van der Waals surface area contributed by atoms with Crippen LogP contribution in [0.5, 0.6) is 0 Å². The molecule has 9 heteroatoms. The van der Waals surface area contributed by atoms with Gasteiger partial charge in [0.05, 0.1) is 0 Å². The number of rotatable bonds is 7. The van der Waals surface area contributed by atoms with Gasteiger partial charge < -0.3 is 21.1 Å². The molecule has 2 heterocycles.